The number of carbonyl (C=O) groups excluding carboxylic acids is 1. The molecule has 0 fully saturated rings. The van der Waals surface area contributed by atoms with Crippen LogP contribution in [-0.2, 0) is 0 Å². The Kier molecular flexibility index (Phi) is 5.68. The molecule has 4 aromatic rings. The van der Waals surface area contributed by atoms with Gasteiger partial charge in [0.1, 0.15) is 18.0 Å². The van der Waals surface area contributed by atoms with Gasteiger partial charge in [-0.15, -0.1) is 0 Å². The second-order valence-corrected chi connectivity index (χ2v) is 6.90. The van der Waals surface area contributed by atoms with Crippen molar-refractivity contribution >= 4 is 34.7 Å². The van der Waals surface area contributed by atoms with Crippen LogP contribution in [0.2, 0.25) is 5.02 Å². The Hall–Kier alpha value is -3.77. The lowest BCUT2D eigenvalue weighted by Gasteiger charge is -2.09. The molecular formula is C23H16ClFN4O. The molecule has 0 saturated carbocycles. The fraction of sp³-hybridized carbons (Fsp3) is 0. The van der Waals surface area contributed by atoms with E-state index in [-0.39, 0.29) is 11.7 Å². The first-order valence-corrected chi connectivity index (χ1v) is 9.47. The number of hydrogen-bond acceptors (Lipinski definition) is 4. The summed E-state index contributed by atoms with van der Waals surface area (Å²) < 4.78 is 13.1. The summed E-state index contributed by atoms with van der Waals surface area (Å²) in [5, 5.41) is 6.60. The summed E-state index contributed by atoms with van der Waals surface area (Å²) in [5.41, 5.74) is 3.41. The Morgan fingerprint density at radius 3 is 2.20 bits per heavy atom. The lowest BCUT2D eigenvalue weighted by atomic mass is 10.1. The van der Waals surface area contributed by atoms with Crippen molar-refractivity contribution in [1.29, 1.82) is 0 Å². The number of carbonyl (C=O) groups is 1. The first kappa shape index (κ1) is 19.5. The van der Waals surface area contributed by atoms with Gasteiger partial charge in [0.05, 0.1) is 5.69 Å². The van der Waals surface area contributed by atoms with Gasteiger partial charge < -0.3 is 10.6 Å². The molecule has 7 heteroatoms. The summed E-state index contributed by atoms with van der Waals surface area (Å²) in [6, 6.07) is 21.8. The van der Waals surface area contributed by atoms with E-state index in [4.69, 9.17) is 11.6 Å². The Labute approximate surface area is 177 Å². The van der Waals surface area contributed by atoms with E-state index in [0.29, 0.717) is 27.8 Å². The van der Waals surface area contributed by atoms with Gasteiger partial charge in [0, 0.05) is 33.6 Å². The predicted molar refractivity (Wildman–Crippen MR) is 117 cm³/mol. The lowest BCUT2D eigenvalue weighted by molar-refractivity contribution is 0.102. The zero-order valence-corrected chi connectivity index (χ0v) is 16.4. The van der Waals surface area contributed by atoms with Crippen molar-refractivity contribution < 1.29 is 9.18 Å². The topological polar surface area (TPSA) is 66.9 Å². The van der Waals surface area contributed by atoms with E-state index < -0.39 is 0 Å². The molecule has 0 radical (unpaired) electrons. The van der Waals surface area contributed by atoms with Crippen molar-refractivity contribution in [3.8, 4) is 11.3 Å². The maximum absolute atomic E-state index is 13.1. The van der Waals surface area contributed by atoms with E-state index in [2.05, 4.69) is 20.6 Å². The number of aromatic nitrogens is 2. The average molecular weight is 419 g/mol. The summed E-state index contributed by atoms with van der Waals surface area (Å²) in [6.07, 6.45) is 1.44. The van der Waals surface area contributed by atoms with Gasteiger partial charge in [-0.1, -0.05) is 11.6 Å². The zero-order valence-electron chi connectivity index (χ0n) is 15.6. The number of hydrogen-bond donors (Lipinski definition) is 2. The van der Waals surface area contributed by atoms with E-state index in [9.17, 15) is 9.18 Å². The van der Waals surface area contributed by atoms with Gasteiger partial charge in [-0.3, -0.25) is 4.79 Å². The maximum atomic E-state index is 13.1. The van der Waals surface area contributed by atoms with Gasteiger partial charge in [-0.05, 0) is 72.8 Å². The van der Waals surface area contributed by atoms with E-state index in [1.165, 1.54) is 18.5 Å². The van der Waals surface area contributed by atoms with Crippen LogP contribution in [0.25, 0.3) is 11.3 Å². The van der Waals surface area contributed by atoms with Crippen LogP contribution in [0.1, 0.15) is 10.4 Å². The smallest absolute Gasteiger partial charge is 0.255 e. The van der Waals surface area contributed by atoms with Crippen LogP contribution in [0.4, 0.5) is 21.6 Å². The first-order valence-electron chi connectivity index (χ1n) is 9.09. The SMILES string of the molecule is O=C(Nc1ccc(Cl)cc1)c1ccc(Nc2cc(-c3ccc(F)cc3)ncn2)cc1. The Balaban J connectivity index is 1.44. The molecule has 1 amide bonds. The highest BCUT2D eigenvalue weighted by Crippen LogP contribution is 2.22. The number of benzene rings is 3. The zero-order chi connectivity index (χ0) is 20.9. The molecule has 0 aliphatic rings. The summed E-state index contributed by atoms with van der Waals surface area (Å²) in [6.45, 7) is 0. The van der Waals surface area contributed by atoms with Gasteiger partial charge in [0.15, 0.2) is 0 Å². The van der Waals surface area contributed by atoms with Crippen LogP contribution in [0.5, 0.6) is 0 Å². The van der Waals surface area contributed by atoms with Crippen molar-refractivity contribution in [2.45, 2.75) is 0 Å². The van der Waals surface area contributed by atoms with Crippen LogP contribution in [0.15, 0.2) is 85.2 Å². The minimum atomic E-state index is -0.300. The summed E-state index contributed by atoms with van der Waals surface area (Å²) in [4.78, 5) is 20.8. The fourth-order valence-corrected chi connectivity index (χ4v) is 2.92. The van der Waals surface area contributed by atoms with Crippen molar-refractivity contribution in [3.05, 3.63) is 102 Å². The Bertz CT molecular complexity index is 1160. The summed E-state index contributed by atoms with van der Waals surface area (Å²) in [7, 11) is 0. The van der Waals surface area contributed by atoms with Gasteiger partial charge in [0.25, 0.3) is 5.91 Å². The molecule has 1 aromatic heterocycles. The van der Waals surface area contributed by atoms with Crippen molar-refractivity contribution in [2.24, 2.45) is 0 Å². The van der Waals surface area contributed by atoms with Crippen LogP contribution < -0.4 is 10.6 Å². The number of rotatable bonds is 5. The minimum Gasteiger partial charge on any atom is -0.340 e. The Morgan fingerprint density at radius 1 is 0.833 bits per heavy atom. The van der Waals surface area contributed by atoms with E-state index in [1.54, 1.807) is 66.7 Å². The molecule has 0 atom stereocenters. The van der Waals surface area contributed by atoms with Crippen molar-refractivity contribution in [2.75, 3.05) is 10.6 Å². The standard InChI is InChI=1S/C23H16ClFN4O/c24-17-5-11-20(12-6-17)29-23(30)16-3-9-19(10-4-16)28-22-13-21(26-14-27-22)15-1-7-18(25)8-2-15/h1-14H,(H,29,30)(H,26,27,28). The molecule has 3 aromatic carbocycles. The molecule has 0 aliphatic carbocycles. The van der Waals surface area contributed by atoms with Gasteiger partial charge >= 0.3 is 0 Å². The molecule has 1 heterocycles. The molecule has 148 valence electrons. The maximum Gasteiger partial charge on any atom is 0.255 e. The quantitative estimate of drug-likeness (QED) is 0.421. The first-order chi connectivity index (χ1) is 14.6. The second kappa shape index (κ2) is 8.71. The molecule has 30 heavy (non-hydrogen) atoms. The average Bonchev–Trinajstić information content (AvgIpc) is 2.76. The lowest BCUT2D eigenvalue weighted by Crippen LogP contribution is -2.11. The molecule has 0 saturated heterocycles. The third-order valence-electron chi connectivity index (χ3n) is 4.33. The summed E-state index contributed by atoms with van der Waals surface area (Å²) >= 11 is 5.86. The van der Waals surface area contributed by atoms with E-state index >= 15 is 0 Å². The van der Waals surface area contributed by atoms with Crippen LogP contribution in [0, 0.1) is 5.82 Å². The van der Waals surface area contributed by atoms with Crippen molar-refractivity contribution in [3.63, 3.8) is 0 Å². The molecule has 0 bridgehead atoms. The summed E-state index contributed by atoms with van der Waals surface area (Å²) in [5.74, 6) is 0.0681. The van der Waals surface area contributed by atoms with Gasteiger partial charge in [0.2, 0.25) is 0 Å². The molecule has 0 unspecified atom stereocenters. The number of amides is 1. The molecule has 4 rings (SSSR count). The number of nitrogens with one attached hydrogen (secondary N) is 2. The highest BCUT2D eigenvalue weighted by molar-refractivity contribution is 6.30. The molecule has 0 spiro atoms. The second-order valence-electron chi connectivity index (χ2n) is 6.46. The van der Waals surface area contributed by atoms with Gasteiger partial charge in [-0.25, -0.2) is 14.4 Å². The van der Waals surface area contributed by atoms with Crippen LogP contribution >= 0.6 is 11.6 Å². The molecule has 5 nitrogen and oxygen atoms in total. The highest BCUT2D eigenvalue weighted by atomic mass is 35.5. The normalized spacial score (nSPS) is 10.5. The fourth-order valence-electron chi connectivity index (χ4n) is 2.79. The molecular weight excluding hydrogens is 403 g/mol. The number of anilines is 3. The van der Waals surface area contributed by atoms with E-state index in [0.717, 1.165) is 11.3 Å². The molecule has 2 N–H and O–H groups in total. The third kappa shape index (κ3) is 4.79. The predicted octanol–water partition coefficient (Wildman–Crippen LogP) is 5.93. The van der Waals surface area contributed by atoms with Crippen LogP contribution in [0.3, 0.4) is 0 Å². The molecule has 0 aliphatic heterocycles. The van der Waals surface area contributed by atoms with Crippen molar-refractivity contribution in [1.82, 2.24) is 9.97 Å². The van der Waals surface area contributed by atoms with Gasteiger partial charge in [-0.2, -0.15) is 0 Å². The minimum absolute atomic E-state index is 0.218. The number of halogens is 2. The monoisotopic (exact) mass is 418 g/mol. The highest BCUT2D eigenvalue weighted by Gasteiger charge is 2.07. The van der Waals surface area contributed by atoms with Crippen LogP contribution in [-0.4, -0.2) is 15.9 Å². The number of nitrogens with zero attached hydrogens (tertiary/aromatic N) is 2. The Morgan fingerprint density at radius 2 is 1.50 bits per heavy atom. The van der Waals surface area contributed by atoms with E-state index in [1.807, 2.05) is 0 Å². The largest absolute Gasteiger partial charge is 0.340 e. The third-order valence-corrected chi connectivity index (χ3v) is 4.58.